The predicted octanol–water partition coefficient (Wildman–Crippen LogP) is 2.66. The smallest absolute Gasteiger partial charge is 0.380 e. The van der Waals surface area contributed by atoms with Crippen molar-refractivity contribution in [3.63, 3.8) is 0 Å². The molecular weight excluding hydrogens is 305 g/mol. The number of para-hydroxylation sites is 1. The van der Waals surface area contributed by atoms with Gasteiger partial charge in [-0.05, 0) is 25.0 Å². The van der Waals surface area contributed by atoms with Crippen molar-refractivity contribution in [1.82, 2.24) is 0 Å². The van der Waals surface area contributed by atoms with E-state index in [9.17, 15) is 21.6 Å². The van der Waals surface area contributed by atoms with Gasteiger partial charge in [0.25, 0.3) is 9.84 Å². The zero-order valence-electron chi connectivity index (χ0n) is 11.2. The number of halogens is 3. The molecule has 0 amide bonds. The minimum atomic E-state index is -5.38. The quantitative estimate of drug-likeness (QED) is 0.897. The van der Waals surface area contributed by atoms with Gasteiger partial charge in [-0.2, -0.15) is 13.2 Å². The lowest BCUT2D eigenvalue weighted by molar-refractivity contribution is -0.0435. The van der Waals surface area contributed by atoms with Gasteiger partial charge in [0, 0.05) is 12.1 Å². The van der Waals surface area contributed by atoms with E-state index in [-0.39, 0.29) is 17.8 Å². The van der Waals surface area contributed by atoms with Crippen molar-refractivity contribution in [3.05, 3.63) is 24.3 Å². The summed E-state index contributed by atoms with van der Waals surface area (Å²) in [5.41, 5.74) is 0.573. The number of hydrogen-bond acceptors (Lipinski definition) is 4. The third-order valence-electron chi connectivity index (χ3n) is 3.64. The first-order valence-corrected chi connectivity index (χ1v) is 8.14. The van der Waals surface area contributed by atoms with Crippen molar-refractivity contribution in [2.24, 2.45) is 5.73 Å². The molecule has 2 rings (SSSR count). The fourth-order valence-electron chi connectivity index (χ4n) is 2.48. The van der Waals surface area contributed by atoms with Crippen LogP contribution in [0.15, 0.2) is 29.2 Å². The normalized spacial score (nSPS) is 23.8. The zero-order valence-corrected chi connectivity index (χ0v) is 12.0. The molecule has 118 valence electrons. The van der Waals surface area contributed by atoms with Crippen LogP contribution >= 0.6 is 0 Å². The van der Waals surface area contributed by atoms with Crippen molar-refractivity contribution >= 4 is 15.5 Å². The number of anilines is 1. The number of hydrogen-bond donors (Lipinski definition) is 2. The second-order valence-corrected chi connectivity index (χ2v) is 7.05. The Morgan fingerprint density at radius 3 is 2.38 bits per heavy atom. The molecule has 0 aliphatic heterocycles. The summed E-state index contributed by atoms with van der Waals surface area (Å²) < 4.78 is 61.3. The molecule has 1 aromatic carbocycles. The minimum Gasteiger partial charge on any atom is -0.380 e. The van der Waals surface area contributed by atoms with Crippen molar-refractivity contribution in [1.29, 1.82) is 0 Å². The molecule has 1 fully saturated rings. The number of alkyl halides is 3. The Kier molecular flexibility index (Phi) is 4.48. The summed E-state index contributed by atoms with van der Waals surface area (Å²) in [6.07, 6.45) is 3.37. The maximum absolute atomic E-state index is 12.7. The van der Waals surface area contributed by atoms with E-state index in [1.54, 1.807) is 0 Å². The van der Waals surface area contributed by atoms with Crippen LogP contribution in [0.4, 0.5) is 18.9 Å². The average Bonchev–Trinajstić information content (AvgIpc) is 2.40. The van der Waals surface area contributed by atoms with E-state index in [1.165, 1.54) is 18.2 Å². The van der Waals surface area contributed by atoms with Crippen LogP contribution in [0, 0.1) is 0 Å². The van der Waals surface area contributed by atoms with Gasteiger partial charge in [-0.3, -0.25) is 0 Å². The molecule has 4 nitrogen and oxygen atoms in total. The Labute approximate surface area is 121 Å². The number of rotatable bonds is 3. The van der Waals surface area contributed by atoms with Crippen molar-refractivity contribution in [2.75, 3.05) is 5.32 Å². The number of nitrogens with two attached hydrogens (primary N) is 1. The topological polar surface area (TPSA) is 72.2 Å². The SMILES string of the molecule is NC1CCCCC1Nc1ccccc1S(=O)(=O)C(F)(F)F. The fraction of sp³-hybridized carbons (Fsp3) is 0.538. The molecule has 0 aromatic heterocycles. The molecule has 1 aliphatic rings. The first-order valence-electron chi connectivity index (χ1n) is 6.66. The van der Waals surface area contributed by atoms with E-state index < -0.39 is 20.2 Å². The molecule has 1 aromatic rings. The van der Waals surface area contributed by atoms with Crippen LogP contribution in [0.3, 0.4) is 0 Å². The van der Waals surface area contributed by atoms with Gasteiger partial charge < -0.3 is 11.1 Å². The van der Waals surface area contributed by atoms with Crippen molar-refractivity contribution in [2.45, 2.75) is 48.2 Å². The lowest BCUT2D eigenvalue weighted by Gasteiger charge is -2.30. The van der Waals surface area contributed by atoms with E-state index in [0.717, 1.165) is 25.3 Å². The Morgan fingerprint density at radius 1 is 1.14 bits per heavy atom. The molecule has 0 radical (unpaired) electrons. The Balaban J connectivity index is 2.34. The first kappa shape index (κ1) is 16.1. The standard InChI is InChI=1S/C13H17F3N2O2S/c14-13(15,16)21(19,20)12-8-4-3-7-11(12)18-10-6-2-1-5-9(10)17/h3-4,7-10,18H,1-2,5-6,17H2. The lowest BCUT2D eigenvalue weighted by atomic mass is 9.91. The Hall–Kier alpha value is -1.28. The summed E-state index contributed by atoms with van der Waals surface area (Å²) in [5, 5.41) is 2.87. The molecule has 0 spiro atoms. The van der Waals surface area contributed by atoms with Gasteiger partial charge in [0.05, 0.1) is 10.6 Å². The largest absolute Gasteiger partial charge is 0.501 e. The third-order valence-corrected chi connectivity index (χ3v) is 5.19. The van der Waals surface area contributed by atoms with Crippen molar-refractivity contribution < 1.29 is 21.6 Å². The van der Waals surface area contributed by atoms with Crippen LogP contribution in [-0.4, -0.2) is 26.0 Å². The van der Waals surface area contributed by atoms with Gasteiger partial charge in [-0.15, -0.1) is 0 Å². The zero-order chi connectivity index (χ0) is 15.7. The van der Waals surface area contributed by atoms with Crippen LogP contribution in [0.1, 0.15) is 25.7 Å². The lowest BCUT2D eigenvalue weighted by Crippen LogP contribution is -2.43. The van der Waals surface area contributed by atoms with Crippen LogP contribution in [0.25, 0.3) is 0 Å². The highest BCUT2D eigenvalue weighted by atomic mass is 32.2. The highest BCUT2D eigenvalue weighted by Gasteiger charge is 2.48. The Bertz CT molecular complexity index is 602. The molecule has 0 bridgehead atoms. The van der Waals surface area contributed by atoms with E-state index in [4.69, 9.17) is 5.73 Å². The highest BCUT2D eigenvalue weighted by Crippen LogP contribution is 2.35. The molecule has 0 heterocycles. The second kappa shape index (κ2) is 5.84. The summed E-state index contributed by atoms with van der Waals surface area (Å²) >= 11 is 0. The Morgan fingerprint density at radius 2 is 1.76 bits per heavy atom. The summed E-state index contributed by atoms with van der Waals surface area (Å²) in [5.74, 6) is 0. The maximum Gasteiger partial charge on any atom is 0.501 e. The summed E-state index contributed by atoms with van der Waals surface area (Å²) in [4.78, 5) is -0.754. The van der Waals surface area contributed by atoms with Gasteiger partial charge in [0.2, 0.25) is 0 Å². The molecular formula is C13H17F3N2O2S. The van der Waals surface area contributed by atoms with Gasteiger partial charge in [0.15, 0.2) is 0 Å². The highest BCUT2D eigenvalue weighted by molar-refractivity contribution is 7.92. The van der Waals surface area contributed by atoms with Crippen LogP contribution in [-0.2, 0) is 9.84 Å². The minimum absolute atomic E-state index is 0.0443. The average molecular weight is 322 g/mol. The van der Waals surface area contributed by atoms with Crippen LogP contribution < -0.4 is 11.1 Å². The molecule has 1 saturated carbocycles. The molecule has 2 unspecified atom stereocenters. The second-order valence-electron chi connectivity index (χ2n) is 5.14. The van der Waals surface area contributed by atoms with Gasteiger partial charge >= 0.3 is 5.51 Å². The van der Waals surface area contributed by atoms with Crippen molar-refractivity contribution in [3.8, 4) is 0 Å². The summed E-state index contributed by atoms with van der Waals surface area (Å²) in [6, 6.07) is 4.64. The van der Waals surface area contributed by atoms with Gasteiger partial charge in [0.1, 0.15) is 0 Å². The molecule has 8 heteroatoms. The number of sulfone groups is 1. The molecule has 3 N–H and O–H groups in total. The molecule has 0 saturated heterocycles. The van der Waals surface area contributed by atoms with E-state index in [1.807, 2.05) is 0 Å². The monoisotopic (exact) mass is 322 g/mol. The van der Waals surface area contributed by atoms with E-state index in [0.29, 0.717) is 6.42 Å². The molecule has 21 heavy (non-hydrogen) atoms. The van der Waals surface area contributed by atoms with Gasteiger partial charge in [-0.1, -0.05) is 25.0 Å². The fourth-order valence-corrected chi connectivity index (χ4v) is 3.41. The van der Waals surface area contributed by atoms with Crippen LogP contribution in [0.5, 0.6) is 0 Å². The van der Waals surface area contributed by atoms with E-state index >= 15 is 0 Å². The predicted molar refractivity (Wildman–Crippen MR) is 73.5 cm³/mol. The molecule has 1 aliphatic carbocycles. The number of nitrogens with one attached hydrogen (secondary N) is 1. The summed E-state index contributed by atoms with van der Waals surface area (Å²) in [6.45, 7) is 0. The summed E-state index contributed by atoms with van der Waals surface area (Å²) in [7, 11) is -5.38. The van der Waals surface area contributed by atoms with E-state index in [2.05, 4.69) is 5.32 Å². The number of benzene rings is 1. The third kappa shape index (κ3) is 3.32. The maximum atomic E-state index is 12.7. The molecule has 2 atom stereocenters. The van der Waals surface area contributed by atoms with Crippen LogP contribution in [0.2, 0.25) is 0 Å². The van der Waals surface area contributed by atoms with Gasteiger partial charge in [-0.25, -0.2) is 8.42 Å². The first-order chi connectivity index (χ1) is 9.73.